The Labute approximate surface area is 633 Å². The number of rotatable bonds is 31. The molecule has 0 aromatic heterocycles. The molecule has 0 saturated carbocycles. The Hall–Kier alpha value is -2.03. The number of fused-ring (bicyclic) bond motifs is 4. The summed E-state index contributed by atoms with van der Waals surface area (Å²) in [5.41, 5.74) is 5.78. The van der Waals surface area contributed by atoms with Gasteiger partial charge in [-0.25, -0.2) is 30.0 Å². The number of anilines is 2. The second kappa shape index (κ2) is 36.7. The van der Waals surface area contributed by atoms with Gasteiger partial charge in [-0.05, 0) is 166 Å². The third-order valence-electron chi connectivity index (χ3n) is 15.7. The van der Waals surface area contributed by atoms with Gasteiger partial charge in [0.2, 0.25) is 5.69 Å². The van der Waals surface area contributed by atoms with Gasteiger partial charge < -0.3 is 43.5 Å². The van der Waals surface area contributed by atoms with Crippen LogP contribution in [0.2, 0.25) is 0 Å². The summed E-state index contributed by atoms with van der Waals surface area (Å²) in [5, 5.41) is 29.6. The number of nitrogens with zero attached hydrogens (tertiary/aromatic N) is 4. The van der Waals surface area contributed by atoms with Gasteiger partial charge in [-0.2, -0.15) is 13.2 Å². The van der Waals surface area contributed by atoms with E-state index in [1.165, 1.54) is 24.3 Å². The fourth-order valence-electron chi connectivity index (χ4n) is 11.6. The molecule has 33 heteroatoms. The van der Waals surface area contributed by atoms with Crippen molar-refractivity contribution in [3.05, 3.63) is 131 Å². The van der Waals surface area contributed by atoms with Crippen LogP contribution in [0.5, 0.6) is 5.75 Å². The predicted molar refractivity (Wildman–Crippen MR) is 318 cm³/mol. The Balaban J connectivity index is 0.00000451. The van der Waals surface area contributed by atoms with E-state index in [4.69, 9.17) is 9.57 Å². The normalized spacial score (nSPS) is 17.0. The first kappa shape index (κ1) is 82.4. The number of hydrogen-bond donors (Lipinski definition) is 0. The first-order valence-corrected chi connectivity index (χ1v) is 34.5. The Morgan fingerprint density at radius 2 is 1.33 bits per heavy atom. The minimum absolute atomic E-state index is 0. The van der Waals surface area contributed by atoms with Crippen molar-refractivity contribution in [2.45, 2.75) is 125 Å². The summed E-state index contributed by atoms with van der Waals surface area (Å²) in [6.07, 6.45) is 12.1. The van der Waals surface area contributed by atoms with Crippen molar-refractivity contribution in [2.24, 2.45) is 0 Å². The van der Waals surface area contributed by atoms with Crippen molar-refractivity contribution in [1.29, 1.82) is 0 Å². The minimum Gasteiger partial charge on any atom is -0.748 e. The zero-order valence-corrected chi connectivity index (χ0v) is 64.8. The van der Waals surface area contributed by atoms with E-state index in [2.05, 4.69) is 34.3 Å². The largest absolute Gasteiger partial charge is 1.00 e. The Morgan fingerprint density at radius 3 is 1.93 bits per heavy atom. The van der Waals surface area contributed by atoms with Crippen LogP contribution in [-0.2, 0) is 79.1 Å². The van der Waals surface area contributed by atoms with E-state index >= 15 is 0 Å². The summed E-state index contributed by atoms with van der Waals surface area (Å²) in [6.45, 7) is 9.80. The molecule has 1 aliphatic carbocycles. The van der Waals surface area contributed by atoms with Gasteiger partial charge in [-0.15, -0.1) is 5.06 Å². The number of benzene rings is 4. The summed E-state index contributed by atoms with van der Waals surface area (Å²) in [7, 11) is -14.2. The van der Waals surface area contributed by atoms with Crippen molar-refractivity contribution in [1.82, 2.24) is 5.06 Å². The van der Waals surface area contributed by atoms with E-state index < -0.39 is 69.6 Å². The molecule has 0 atom stereocenters. The topological polar surface area (TPSA) is 337 Å². The summed E-state index contributed by atoms with van der Waals surface area (Å²) in [6, 6.07) is 18.9. The number of carbonyl (C=O) groups is 3. The maximum atomic E-state index is 12.7. The van der Waals surface area contributed by atoms with Gasteiger partial charge in [-0.1, -0.05) is 26.0 Å². The molecule has 4 aromatic carbocycles. The molecule has 4 aromatic rings. The average Bonchev–Trinajstić information content (AvgIpc) is 1.57. The molecule has 0 N–H and O–H groups in total. The number of imide groups is 1. The van der Waals surface area contributed by atoms with Crippen molar-refractivity contribution in [2.75, 3.05) is 53.2 Å². The Morgan fingerprint density at radius 1 is 0.696 bits per heavy atom. The average molecular weight is 1400 g/mol. The molecule has 3 aliphatic heterocycles. The number of unbranched alkanes of at least 4 members (excludes halogenated alkanes) is 2. The molecule has 1 saturated heterocycles. The van der Waals surface area contributed by atoms with Gasteiger partial charge in [0.15, 0.2) is 5.71 Å². The van der Waals surface area contributed by atoms with Gasteiger partial charge >= 0.3 is 124 Å². The van der Waals surface area contributed by atoms with Crippen LogP contribution < -0.4 is 143 Å². The van der Waals surface area contributed by atoms with Crippen molar-refractivity contribution < 1.29 is 215 Å². The van der Waals surface area contributed by atoms with E-state index in [0.717, 1.165) is 92.3 Å². The van der Waals surface area contributed by atoms with Crippen LogP contribution in [0.4, 0.5) is 17.1 Å². The fourth-order valence-corrected chi connectivity index (χ4v) is 13.8. The van der Waals surface area contributed by atoms with Crippen LogP contribution in [0.1, 0.15) is 116 Å². The standard InChI is InChI=1S/C59H70N4O20S5.4Na/c1-58(2)48-39-43(60(31-9-35-84-82-80-67)32-10-36-85-83-81-68)18-26-49(48)61(34-11-37-86(69,70)71)51(58)27-16-40-12-8-13-41(57(40)78-44-19-21-45(22-20-44)87(72,73)74)17-28-52-59(3,4)56-47-24-23-46(88(75,76)77)38-42(47)15-25-50(56)62(52)33-7-5-6-14-55(66)79-63-53(64)29-30-54(63)65;;;;/h15-28,38-39H,5-14,29-37H2,1-4H3,(H4-,67,68,69,70,71,72,73,74,75,76,77);;;;/q;4*+1/p-4. The first-order chi connectivity index (χ1) is 41.7. The number of amides is 2. The van der Waals surface area contributed by atoms with Crippen LogP contribution in [0, 0.1) is 0 Å². The van der Waals surface area contributed by atoms with E-state index in [1.807, 2.05) is 75.1 Å². The van der Waals surface area contributed by atoms with Gasteiger partial charge in [0, 0.05) is 127 Å². The monoisotopic (exact) mass is 1400 g/mol. The number of carbonyl (C=O) groups excluding carboxylic acids is 3. The number of ether oxygens (including phenoxy) is 1. The van der Waals surface area contributed by atoms with E-state index in [0.29, 0.717) is 98.7 Å². The minimum atomic E-state index is -4.81. The smallest absolute Gasteiger partial charge is 0.748 e. The van der Waals surface area contributed by atoms with Crippen LogP contribution in [0.3, 0.4) is 0 Å². The van der Waals surface area contributed by atoms with E-state index in [-0.39, 0.29) is 161 Å². The third kappa shape index (κ3) is 21.2. The van der Waals surface area contributed by atoms with Gasteiger partial charge in [0.05, 0.1) is 25.3 Å². The molecule has 0 bridgehead atoms. The van der Waals surface area contributed by atoms with Crippen LogP contribution in [0.25, 0.3) is 10.8 Å². The summed E-state index contributed by atoms with van der Waals surface area (Å²) >= 11 is 1.74. The molecule has 1 fully saturated rings. The van der Waals surface area contributed by atoms with Crippen molar-refractivity contribution in [3.8, 4) is 5.75 Å². The predicted octanol–water partition coefficient (Wildman–Crippen LogP) is -4.85. The van der Waals surface area contributed by atoms with Crippen LogP contribution in [-0.4, -0.2) is 115 Å². The second-order valence-electron chi connectivity index (χ2n) is 22.3. The molecular formula is C59H66N4Na4O20S5. The molecule has 4 aliphatic rings. The molecule has 2 amide bonds. The maximum Gasteiger partial charge on any atom is 1.00 e. The third-order valence-corrected chi connectivity index (χ3v) is 19.4. The van der Waals surface area contributed by atoms with Crippen LogP contribution >= 0.6 is 24.1 Å². The zero-order chi connectivity index (χ0) is 63.6. The summed E-state index contributed by atoms with van der Waals surface area (Å²) < 4.78 is 126. The van der Waals surface area contributed by atoms with E-state index in [9.17, 15) is 63.8 Å². The summed E-state index contributed by atoms with van der Waals surface area (Å²) in [5.74, 6) is -0.927. The quantitative estimate of drug-likeness (QED) is 0.00667. The SMILES string of the molecule is CC1(C)C(/C=C/C2=C(Oc3ccc(S(=O)(=O)[O-])cc3)C(=C/C=C3/N(CCCS(=O)(=O)[O-])c4ccc(N(CCCSOO[O-])CCCSOO[O-])cc4C3(C)C)/CCC2)=[N+](CCCCCC(=O)ON2C(=O)CCC2=O)c2ccc3cc(S(=O)(=O)[O-])ccc3c21.[Na+].[Na+].[Na+].[Na+]. The number of allylic oxidation sites excluding steroid dienone is 7. The Kier molecular flexibility index (Phi) is 32.9. The van der Waals surface area contributed by atoms with Gasteiger partial charge in [0.25, 0.3) is 11.8 Å². The zero-order valence-electron chi connectivity index (χ0n) is 52.7. The molecule has 92 heavy (non-hydrogen) atoms. The molecule has 0 unspecified atom stereocenters. The Bertz CT molecular complexity index is 3780. The van der Waals surface area contributed by atoms with Crippen molar-refractivity contribution >= 4 is 106 Å². The number of hydrogen-bond acceptors (Lipinski definition) is 24. The van der Waals surface area contributed by atoms with E-state index in [1.54, 1.807) is 12.1 Å². The van der Waals surface area contributed by atoms with Crippen molar-refractivity contribution in [3.63, 3.8) is 0 Å². The van der Waals surface area contributed by atoms with Gasteiger partial charge in [-0.3, -0.25) is 19.7 Å². The van der Waals surface area contributed by atoms with Gasteiger partial charge in [0.1, 0.15) is 38.3 Å². The molecule has 3 heterocycles. The molecular weight excluding hydrogens is 1340 g/mol. The maximum absolute atomic E-state index is 12.7. The fraction of sp³-hybridized carbons (Fsp3) is 0.424. The molecule has 0 spiro atoms. The molecule has 24 nitrogen and oxygen atoms in total. The second-order valence-corrected chi connectivity index (χ2v) is 28.2. The number of hydroxylamine groups is 2. The molecule has 476 valence electrons. The molecule has 8 rings (SSSR count). The molecule has 0 radical (unpaired) electrons. The summed E-state index contributed by atoms with van der Waals surface area (Å²) in [4.78, 5) is 45.2. The first-order valence-electron chi connectivity index (χ1n) is 28.3. The van der Waals surface area contributed by atoms with Crippen LogP contribution in [0.15, 0.2) is 129 Å².